The molecule has 0 saturated carbocycles. The number of nitrogens with two attached hydrogens (primary N) is 1. The smallest absolute Gasteiger partial charge is 0.253 e. The Labute approximate surface area is 208 Å². The van der Waals surface area contributed by atoms with Crippen LogP contribution in [0.25, 0.3) is 11.1 Å². The molecule has 0 spiro atoms. The second-order valence-electron chi connectivity index (χ2n) is 10.6. The average molecular weight is 473 g/mol. The fraction of sp³-hybridized carbons (Fsp3) is 0.379. The molecule has 1 atom stereocenters. The third kappa shape index (κ3) is 5.82. The van der Waals surface area contributed by atoms with Crippen LogP contribution in [0, 0.1) is 0 Å². The highest BCUT2D eigenvalue weighted by Gasteiger charge is 2.28. The second kappa shape index (κ2) is 10.1. The van der Waals surface area contributed by atoms with Gasteiger partial charge in [0.1, 0.15) is 6.61 Å². The van der Waals surface area contributed by atoms with Crippen molar-refractivity contribution in [3.05, 3.63) is 77.5 Å². The summed E-state index contributed by atoms with van der Waals surface area (Å²) in [5, 5.41) is 0. The van der Waals surface area contributed by atoms with E-state index in [9.17, 15) is 4.79 Å². The van der Waals surface area contributed by atoms with Crippen LogP contribution < -0.4 is 10.5 Å². The molecule has 4 rings (SSSR count). The van der Waals surface area contributed by atoms with Crippen LogP contribution in [0.5, 0.6) is 5.75 Å². The van der Waals surface area contributed by atoms with Gasteiger partial charge >= 0.3 is 0 Å². The van der Waals surface area contributed by atoms with Gasteiger partial charge in [0.2, 0.25) is 0 Å². The molecule has 0 radical (unpaired) electrons. The highest BCUT2D eigenvalue weighted by molar-refractivity contribution is 5.95. The number of ether oxygens (including phenoxy) is 1. The first kappa shape index (κ1) is 24.7. The summed E-state index contributed by atoms with van der Waals surface area (Å²) in [6.07, 6.45) is 2.75. The molecule has 1 aliphatic rings. The summed E-state index contributed by atoms with van der Waals surface area (Å²) >= 11 is 0. The Kier molecular flexibility index (Phi) is 7.13. The zero-order valence-electron chi connectivity index (χ0n) is 21.4. The fourth-order valence-corrected chi connectivity index (χ4v) is 4.33. The number of likely N-dealkylation sites (N-methyl/N-ethyl adjacent to an activating group) is 1. The first-order chi connectivity index (χ1) is 16.6. The van der Waals surface area contributed by atoms with Crippen molar-refractivity contribution in [2.45, 2.75) is 45.3 Å². The number of anilines is 1. The molecular formula is C29H36N4O2. The predicted octanol–water partition coefficient (Wildman–Crippen LogP) is 4.98. The van der Waals surface area contributed by atoms with Crippen molar-refractivity contribution in [1.29, 1.82) is 0 Å². The third-order valence-corrected chi connectivity index (χ3v) is 6.74. The van der Waals surface area contributed by atoms with Crippen molar-refractivity contribution in [2.75, 3.05) is 32.9 Å². The molecule has 184 valence electrons. The minimum Gasteiger partial charge on any atom is -0.485 e. The summed E-state index contributed by atoms with van der Waals surface area (Å²) in [6.45, 7) is 8.58. The van der Waals surface area contributed by atoms with E-state index in [2.05, 4.69) is 69.0 Å². The molecule has 1 unspecified atom stereocenters. The van der Waals surface area contributed by atoms with Crippen molar-refractivity contribution in [3.63, 3.8) is 0 Å². The Hall–Kier alpha value is -3.38. The molecule has 1 aromatic heterocycles. The zero-order chi connectivity index (χ0) is 25.2. The number of carbonyl (C=O) groups excluding carboxylic acids is 1. The number of aromatic nitrogens is 1. The van der Waals surface area contributed by atoms with E-state index in [-0.39, 0.29) is 11.3 Å². The van der Waals surface area contributed by atoms with Crippen molar-refractivity contribution >= 4 is 11.7 Å². The molecule has 2 heterocycles. The van der Waals surface area contributed by atoms with Gasteiger partial charge in [-0.2, -0.15) is 0 Å². The third-order valence-electron chi connectivity index (χ3n) is 6.74. The van der Waals surface area contributed by atoms with Crippen LogP contribution in [0.2, 0.25) is 0 Å². The maximum Gasteiger partial charge on any atom is 0.253 e. The molecule has 1 fully saturated rings. The van der Waals surface area contributed by atoms with E-state index in [1.807, 2.05) is 35.2 Å². The van der Waals surface area contributed by atoms with E-state index in [1.54, 1.807) is 6.20 Å². The lowest BCUT2D eigenvalue weighted by Crippen LogP contribution is -2.34. The van der Waals surface area contributed by atoms with Gasteiger partial charge in [0.25, 0.3) is 5.91 Å². The van der Waals surface area contributed by atoms with Crippen molar-refractivity contribution < 1.29 is 9.53 Å². The van der Waals surface area contributed by atoms with E-state index in [0.717, 1.165) is 36.2 Å². The topological polar surface area (TPSA) is 71.7 Å². The summed E-state index contributed by atoms with van der Waals surface area (Å²) in [5.41, 5.74) is 11.1. The summed E-state index contributed by atoms with van der Waals surface area (Å²) in [5.74, 6) is 0.989. The lowest BCUT2D eigenvalue weighted by Gasteiger charge is -2.20. The van der Waals surface area contributed by atoms with Gasteiger partial charge in [-0.25, -0.2) is 4.98 Å². The minimum atomic E-state index is 0.0813. The molecule has 2 N–H and O–H groups in total. The number of amides is 1. The van der Waals surface area contributed by atoms with Crippen LogP contribution in [0.15, 0.2) is 60.8 Å². The van der Waals surface area contributed by atoms with E-state index >= 15 is 0 Å². The minimum absolute atomic E-state index is 0.0813. The van der Waals surface area contributed by atoms with Crippen LogP contribution in [0.4, 0.5) is 5.82 Å². The molecule has 3 aromatic rings. The average Bonchev–Trinajstić information content (AvgIpc) is 3.34. The number of rotatable bonds is 6. The van der Waals surface area contributed by atoms with E-state index in [0.29, 0.717) is 29.8 Å². The zero-order valence-corrected chi connectivity index (χ0v) is 21.4. The first-order valence-electron chi connectivity index (χ1n) is 12.2. The lowest BCUT2D eigenvalue weighted by atomic mass is 9.87. The Morgan fingerprint density at radius 3 is 2.37 bits per heavy atom. The van der Waals surface area contributed by atoms with E-state index < -0.39 is 0 Å². The lowest BCUT2D eigenvalue weighted by molar-refractivity contribution is 0.0783. The maximum absolute atomic E-state index is 12.9. The van der Waals surface area contributed by atoms with Gasteiger partial charge < -0.3 is 20.3 Å². The Morgan fingerprint density at radius 1 is 1.09 bits per heavy atom. The van der Waals surface area contributed by atoms with Crippen LogP contribution in [-0.2, 0) is 12.0 Å². The molecule has 0 aliphatic carbocycles. The molecule has 1 saturated heterocycles. The fourth-order valence-electron chi connectivity index (χ4n) is 4.33. The normalized spacial score (nSPS) is 16.1. The summed E-state index contributed by atoms with van der Waals surface area (Å²) in [4.78, 5) is 21.4. The number of nitrogen functional groups attached to an aromatic ring is 1. The number of likely N-dealkylation sites (tertiary alicyclic amines) is 1. The monoisotopic (exact) mass is 472 g/mol. The number of benzene rings is 2. The Balaban J connectivity index is 1.43. The van der Waals surface area contributed by atoms with Crippen molar-refractivity contribution in [2.24, 2.45) is 0 Å². The van der Waals surface area contributed by atoms with Gasteiger partial charge in [0.05, 0.1) is 0 Å². The van der Waals surface area contributed by atoms with Crippen molar-refractivity contribution in [1.82, 2.24) is 14.8 Å². The second-order valence-corrected chi connectivity index (χ2v) is 10.6. The van der Waals surface area contributed by atoms with Crippen LogP contribution in [-0.4, -0.2) is 53.9 Å². The molecule has 6 heteroatoms. The number of pyridine rings is 1. The van der Waals surface area contributed by atoms with Crippen LogP contribution in [0.1, 0.15) is 48.7 Å². The molecule has 35 heavy (non-hydrogen) atoms. The summed E-state index contributed by atoms with van der Waals surface area (Å²) in [7, 11) is 4.13. The Morgan fingerprint density at radius 2 is 1.77 bits per heavy atom. The quantitative estimate of drug-likeness (QED) is 0.548. The van der Waals surface area contributed by atoms with Gasteiger partial charge in [-0.05, 0) is 60.8 Å². The number of hydrogen-bond acceptors (Lipinski definition) is 5. The highest BCUT2D eigenvalue weighted by Crippen LogP contribution is 2.29. The summed E-state index contributed by atoms with van der Waals surface area (Å²) < 4.78 is 6.02. The van der Waals surface area contributed by atoms with Gasteiger partial charge in [0.15, 0.2) is 11.6 Å². The molecule has 1 aliphatic heterocycles. The number of hydrogen-bond donors (Lipinski definition) is 1. The standard InChI is InChI=1S/C29H36N4O2/c1-29(2,3)24-12-6-20(7-13-24)19-35-26-16-23(17-31-27(26)30)21-8-10-22(11-9-21)28(34)33-15-14-25(18-33)32(4)5/h6-13,16-17,25H,14-15,18-19H2,1-5H3,(H2,30,31). The summed E-state index contributed by atoms with van der Waals surface area (Å²) in [6, 6.07) is 18.5. The van der Waals surface area contributed by atoms with E-state index in [4.69, 9.17) is 10.5 Å². The van der Waals surface area contributed by atoms with E-state index in [1.165, 1.54) is 5.56 Å². The SMILES string of the molecule is CN(C)C1CCN(C(=O)c2ccc(-c3cnc(N)c(OCc4ccc(C(C)(C)C)cc4)c3)cc2)C1. The van der Waals surface area contributed by atoms with Gasteiger partial charge in [0, 0.05) is 36.5 Å². The largest absolute Gasteiger partial charge is 0.485 e. The molecule has 0 bridgehead atoms. The predicted molar refractivity (Wildman–Crippen MR) is 142 cm³/mol. The van der Waals surface area contributed by atoms with Gasteiger partial charge in [-0.1, -0.05) is 57.2 Å². The van der Waals surface area contributed by atoms with Crippen LogP contribution >= 0.6 is 0 Å². The maximum atomic E-state index is 12.9. The number of nitrogens with zero attached hydrogens (tertiary/aromatic N) is 3. The molecular weight excluding hydrogens is 436 g/mol. The first-order valence-corrected chi connectivity index (χ1v) is 12.2. The van der Waals surface area contributed by atoms with Gasteiger partial charge in [-0.15, -0.1) is 0 Å². The highest BCUT2D eigenvalue weighted by atomic mass is 16.5. The molecule has 6 nitrogen and oxygen atoms in total. The van der Waals surface area contributed by atoms with Gasteiger partial charge in [-0.3, -0.25) is 4.79 Å². The molecule has 1 amide bonds. The van der Waals surface area contributed by atoms with Crippen LogP contribution in [0.3, 0.4) is 0 Å². The Bertz CT molecular complexity index is 1160. The van der Waals surface area contributed by atoms with Crippen molar-refractivity contribution in [3.8, 4) is 16.9 Å². The number of carbonyl (C=O) groups is 1. The molecule has 2 aromatic carbocycles.